The van der Waals surface area contributed by atoms with Crippen LogP contribution in [0.15, 0.2) is 0 Å². The van der Waals surface area contributed by atoms with Crippen LogP contribution >= 0.6 is 0 Å². The summed E-state index contributed by atoms with van der Waals surface area (Å²) in [6.45, 7) is 8.11. The fourth-order valence-electron chi connectivity index (χ4n) is 2.68. The van der Waals surface area contributed by atoms with Gasteiger partial charge in [-0.05, 0) is 58.8 Å². The van der Waals surface area contributed by atoms with Gasteiger partial charge in [-0.3, -0.25) is 0 Å². The van der Waals surface area contributed by atoms with Crippen molar-refractivity contribution in [2.45, 2.75) is 64.5 Å². The molecule has 1 saturated carbocycles. The Balaban J connectivity index is 2.67. The Bertz CT molecular complexity index is 207. The largest absolute Gasteiger partial charge is 0.316 e. The van der Waals surface area contributed by atoms with Gasteiger partial charge in [0, 0.05) is 11.1 Å². The lowest BCUT2D eigenvalue weighted by Crippen LogP contribution is -2.51. The summed E-state index contributed by atoms with van der Waals surface area (Å²) < 4.78 is 0. The lowest BCUT2D eigenvalue weighted by Gasteiger charge is -2.43. The maximum atomic E-state index is 9.18. The molecule has 0 saturated heterocycles. The van der Waals surface area contributed by atoms with E-state index >= 15 is 0 Å². The number of hydrogen-bond donors (Lipinski definition) is 4. The highest BCUT2D eigenvalue weighted by atomic mass is 16.5. The average Bonchev–Trinajstić information content (AvgIpc) is 2.29. The SMILES string of the molecule is CC(C)(NO)C1CCCC(C(C)(C)NO)C1. The lowest BCUT2D eigenvalue weighted by molar-refractivity contribution is -0.0109. The van der Waals surface area contributed by atoms with Crippen LogP contribution in [0.2, 0.25) is 0 Å². The van der Waals surface area contributed by atoms with E-state index in [2.05, 4.69) is 11.0 Å². The Morgan fingerprint density at radius 3 is 1.56 bits per heavy atom. The number of nitrogens with one attached hydrogen (secondary N) is 2. The van der Waals surface area contributed by atoms with Gasteiger partial charge >= 0.3 is 0 Å². The highest BCUT2D eigenvalue weighted by Crippen LogP contribution is 2.39. The first-order chi connectivity index (χ1) is 7.33. The van der Waals surface area contributed by atoms with E-state index in [0.717, 1.165) is 25.7 Å². The molecular weight excluding hydrogens is 204 g/mol. The zero-order valence-electron chi connectivity index (χ0n) is 10.9. The van der Waals surface area contributed by atoms with E-state index in [-0.39, 0.29) is 11.1 Å². The summed E-state index contributed by atoms with van der Waals surface area (Å²) in [6.07, 6.45) is 4.46. The molecule has 1 rings (SSSR count). The molecule has 0 aliphatic heterocycles. The molecule has 16 heavy (non-hydrogen) atoms. The predicted octanol–water partition coefficient (Wildman–Crippen LogP) is 2.31. The molecule has 4 N–H and O–H groups in total. The quantitative estimate of drug-likeness (QED) is 0.560. The van der Waals surface area contributed by atoms with E-state index < -0.39 is 0 Å². The molecule has 1 aliphatic rings. The molecule has 1 aliphatic carbocycles. The van der Waals surface area contributed by atoms with Crippen molar-refractivity contribution >= 4 is 0 Å². The summed E-state index contributed by atoms with van der Waals surface area (Å²) in [5, 5.41) is 18.4. The Labute approximate surface area is 98.3 Å². The van der Waals surface area contributed by atoms with E-state index in [1.807, 2.05) is 27.7 Å². The molecule has 0 amide bonds. The Hall–Kier alpha value is -0.160. The van der Waals surface area contributed by atoms with Crippen molar-refractivity contribution in [2.75, 3.05) is 0 Å². The van der Waals surface area contributed by atoms with Gasteiger partial charge in [0.15, 0.2) is 0 Å². The second-order valence-corrected chi connectivity index (χ2v) is 6.23. The van der Waals surface area contributed by atoms with Gasteiger partial charge < -0.3 is 10.4 Å². The molecule has 0 spiro atoms. The molecule has 0 aromatic carbocycles. The number of rotatable bonds is 4. The highest BCUT2D eigenvalue weighted by Gasteiger charge is 2.39. The normalized spacial score (nSPS) is 28.1. The van der Waals surface area contributed by atoms with Crippen molar-refractivity contribution in [1.82, 2.24) is 11.0 Å². The molecule has 0 aromatic rings. The zero-order valence-corrected chi connectivity index (χ0v) is 10.9. The third-order valence-electron chi connectivity index (χ3n) is 4.29. The monoisotopic (exact) mass is 230 g/mol. The van der Waals surface area contributed by atoms with Gasteiger partial charge in [-0.1, -0.05) is 6.42 Å². The summed E-state index contributed by atoms with van der Waals surface area (Å²) in [4.78, 5) is 0. The van der Waals surface area contributed by atoms with Gasteiger partial charge in [0.1, 0.15) is 0 Å². The molecule has 96 valence electrons. The van der Waals surface area contributed by atoms with E-state index in [9.17, 15) is 10.4 Å². The number of hydroxylamine groups is 2. The first-order valence-corrected chi connectivity index (χ1v) is 6.16. The fourth-order valence-corrected chi connectivity index (χ4v) is 2.68. The highest BCUT2D eigenvalue weighted by molar-refractivity contribution is 4.93. The molecule has 0 heterocycles. The summed E-state index contributed by atoms with van der Waals surface area (Å²) in [5.74, 6) is 0.896. The van der Waals surface area contributed by atoms with E-state index in [4.69, 9.17) is 0 Å². The molecule has 0 aromatic heterocycles. The van der Waals surface area contributed by atoms with Crippen molar-refractivity contribution in [2.24, 2.45) is 11.8 Å². The third-order valence-corrected chi connectivity index (χ3v) is 4.29. The van der Waals surface area contributed by atoms with Gasteiger partial charge in [0.2, 0.25) is 0 Å². The van der Waals surface area contributed by atoms with Crippen molar-refractivity contribution in [1.29, 1.82) is 0 Å². The predicted molar refractivity (Wildman–Crippen MR) is 63.5 cm³/mol. The molecule has 1 fully saturated rings. The zero-order chi connectivity index (χ0) is 12.4. The summed E-state index contributed by atoms with van der Waals surface area (Å²) >= 11 is 0. The van der Waals surface area contributed by atoms with Gasteiger partial charge in [0.05, 0.1) is 0 Å². The first-order valence-electron chi connectivity index (χ1n) is 6.16. The molecular formula is C12H26N2O2. The van der Waals surface area contributed by atoms with Gasteiger partial charge in [-0.15, -0.1) is 0 Å². The first kappa shape index (κ1) is 13.9. The standard InChI is InChI=1S/C12H26N2O2/c1-11(2,13-15)9-6-5-7-10(8-9)12(3,4)14-16/h9-10,13-16H,5-8H2,1-4H3. The van der Waals surface area contributed by atoms with Crippen LogP contribution in [0, 0.1) is 11.8 Å². The van der Waals surface area contributed by atoms with Crippen molar-refractivity contribution in [3.8, 4) is 0 Å². The summed E-state index contributed by atoms with van der Waals surface area (Å²) in [7, 11) is 0. The summed E-state index contributed by atoms with van der Waals surface area (Å²) in [5.41, 5.74) is 4.34. The molecule has 4 heteroatoms. The van der Waals surface area contributed by atoms with Crippen molar-refractivity contribution in [3.63, 3.8) is 0 Å². The topological polar surface area (TPSA) is 64.5 Å². The second kappa shape index (κ2) is 5.00. The Kier molecular flexibility index (Phi) is 4.35. The maximum Gasteiger partial charge on any atom is 0.0402 e. The Morgan fingerprint density at radius 2 is 1.25 bits per heavy atom. The minimum atomic E-state index is -0.246. The molecule has 4 nitrogen and oxygen atoms in total. The molecule has 0 radical (unpaired) electrons. The van der Waals surface area contributed by atoms with Crippen molar-refractivity contribution < 1.29 is 10.4 Å². The maximum absolute atomic E-state index is 9.18. The van der Waals surface area contributed by atoms with Crippen LogP contribution in [0.1, 0.15) is 53.4 Å². The van der Waals surface area contributed by atoms with Crippen LogP contribution in [-0.2, 0) is 0 Å². The average molecular weight is 230 g/mol. The van der Waals surface area contributed by atoms with Crippen LogP contribution in [0.5, 0.6) is 0 Å². The van der Waals surface area contributed by atoms with Crippen LogP contribution in [0.3, 0.4) is 0 Å². The minimum absolute atomic E-state index is 0.246. The fraction of sp³-hybridized carbons (Fsp3) is 1.00. The summed E-state index contributed by atoms with van der Waals surface area (Å²) in [6, 6.07) is 0. The van der Waals surface area contributed by atoms with Gasteiger partial charge in [-0.2, -0.15) is 11.0 Å². The van der Waals surface area contributed by atoms with E-state index in [1.54, 1.807) is 0 Å². The van der Waals surface area contributed by atoms with Crippen LogP contribution in [-0.4, -0.2) is 21.5 Å². The second-order valence-electron chi connectivity index (χ2n) is 6.23. The lowest BCUT2D eigenvalue weighted by atomic mass is 9.68. The minimum Gasteiger partial charge on any atom is -0.316 e. The third kappa shape index (κ3) is 2.94. The smallest absolute Gasteiger partial charge is 0.0402 e. The molecule has 2 atom stereocenters. The van der Waals surface area contributed by atoms with E-state index in [1.165, 1.54) is 0 Å². The van der Waals surface area contributed by atoms with Crippen LogP contribution in [0.25, 0.3) is 0 Å². The van der Waals surface area contributed by atoms with Crippen LogP contribution in [0.4, 0.5) is 0 Å². The van der Waals surface area contributed by atoms with E-state index in [0.29, 0.717) is 11.8 Å². The Morgan fingerprint density at radius 1 is 0.875 bits per heavy atom. The molecule has 0 bridgehead atoms. The van der Waals surface area contributed by atoms with Crippen molar-refractivity contribution in [3.05, 3.63) is 0 Å². The number of hydrogen-bond acceptors (Lipinski definition) is 4. The molecule has 2 unspecified atom stereocenters. The van der Waals surface area contributed by atoms with Gasteiger partial charge in [-0.25, -0.2) is 0 Å². The van der Waals surface area contributed by atoms with Gasteiger partial charge in [0.25, 0.3) is 0 Å². The van der Waals surface area contributed by atoms with Crippen LogP contribution < -0.4 is 11.0 Å².